The quantitative estimate of drug-likeness (QED) is 0.573. The predicted molar refractivity (Wildman–Crippen MR) is 103 cm³/mol. The first-order valence-corrected chi connectivity index (χ1v) is 8.67. The number of rotatable bonds is 4. The van der Waals surface area contributed by atoms with Crippen LogP contribution in [0.3, 0.4) is 0 Å². The standard InChI is InChI=1S/C21H19N3O2/c1-2-11-22-17-9-4-8-16-15-7-3-6-14(13-18(15)24-20(16)17)23-21(25)19-10-5-12-26-19/h3-10,12-13,22,24H,2,11H2,1H3. The van der Waals surface area contributed by atoms with Crippen LogP contribution in [0.15, 0.2) is 70.3 Å². The maximum Gasteiger partial charge on any atom is 0.313 e. The zero-order chi connectivity index (χ0) is 17.9. The van der Waals surface area contributed by atoms with Gasteiger partial charge < -0.3 is 14.7 Å². The van der Waals surface area contributed by atoms with Crippen molar-refractivity contribution in [3.05, 3.63) is 72.0 Å². The number of carbonyl (C=O) groups is 1. The molecule has 2 N–H and O–H groups in total. The van der Waals surface area contributed by atoms with Crippen molar-refractivity contribution in [1.82, 2.24) is 4.98 Å². The Balaban J connectivity index is 1.86. The molecule has 4 rings (SSSR count). The first-order chi connectivity index (χ1) is 12.8. The fourth-order valence-corrected chi connectivity index (χ4v) is 3.04. The van der Waals surface area contributed by atoms with Gasteiger partial charge in [-0.15, -0.1) is 0 Å². The summed E-state index contributed by atoms with van der Waals surface area (Å²) in [7, 11) is 0. The van der Waals surface area contributed by atoms with E-state index in [0.717, 1.165) is 40.5 Å². The normalized spacial score (nSPS) is 12.0. The van der Waals surface area contributed by atoms with E-state index in [2.05, 4.69) is 34.3 Å². The number of fused-ring (bicyclic) bond motifs is 3. The van der Waals surface area contributed by atoms with E-state index in [1.165, 1.54) is 6.26 Å². The Bertz CT molecular complexity index is 1140. The van der Waals surface area contributed by atoms with Crippen LogP contribution in [0.4, 0.5) is 5.69 Å². The van der Waals surface area contributed by atoms with Crippen molar-refractivity contribution < 1.29 is 9.21 Å². The van der Waals surface area contributed by atoms with E-state index in [0.29, 0.717) is 5.36 Å². The van der Waals surface area contributed by atoms with Crippen molar-refractivity contribution >= 4 is 33.4 Å². The van der Waals surface area contributed by atoms with Gasteiger partial charge in [0.15, 0.2) is 5.76 Å². The molecule has 130 valence electrons. The van der Waals surface area contributed by atoms with Crippen LogP contribution in [-0.2, 0) is 0 Å². The number of aromatic amines is 1. The molecule has 0 aliphatic rings. The third-order valence-corrected chi connectivity index (χ3v) is 4.25. The fraction of sp³-hybridized carbons (Fsp3) is 0.143. The van der Waals surface area contributed by atoms with Crippen molar-refractivity contribution in [2.45, 2.75) is 13.3 Å². The summed E-state index contributed by atoms with van der Waals surface area (Å²) in [5.74, 6) is -0.161. The number of benzene rings is 1. The van der Waals surface area contributed by atoms with Crippen LogP contribution in [0, 0.1) is 0 Å². The second-order valence-corrected chi connectivity index (χ2v) is 6.10. The largest absolute Gasteiger partial charge is 0.459 e. The summed E-state index contributed by atoms with van der Waals surface area (Å²) >= 11 is 0. The SMILES string of the molecule is CCCNc1cccc2c1[nH]c1cc(=NC(=O)c3ccco3)cccc12. The maximum absolute atomic E-state index is 12.2. The molecular weight excluding hydrogens is 326 g/mol. The number of H-pyrrole nitrogens is 1. The molecule has 26 heavy (non-hydrogen) atoms. The van der Waals surface area contributed by atoms with Crippen molar-refractivity contribution in [3.8, 4) is 0 Å². The van der Waals surface area contributed by atoms with Gasteiger partial charge in [-0.2, -0.15) is 0 Å². The van der Waals surface area contributed by atoms with Crippen LogP contribution in [0.25, 0.3) is 21.8 Å². The molecule has 0 fully saturated rings. The average Bonchev–Trinajstić information content (AvgIpc) is 3.25. The van der Waals surface area contributed by atoms with E-state index < -0.39 is 5.91 Å². The Labute approximate surface area is 150 Å². The van der Waals surface area contributed by atoms with Gasteiger partial charge in [0.2, 0.25) is 0 Å². The number of hydrogen-bond acceptors (Lipinski definition) is 3. The highest BCUT2D eigenvalue weighted by Crippen LogP contribution is 2.29. The molecule has 0 aliphatic carbocycles. The number of hydrogen-bond donors (Lipinski definition) is 2. The summed E-state index contributed by atoms with van der Waals surface area (Å²) in [5.41, 5.74) is 3.07. The van der Waals surface area contributed by atoms with E-state index in [9.17, 15) is 4.79 Å². The minimum Gasteiger partial charge on any atom is -0.459 e. The van der Waals surface area contributed by atoms with Crippen molar-refractivity contribution in [3.63, 3.8) is 0 Å². The van der Waals surface area contributed by atoms with Crippen molar-refractivity contribution in [1.29, 1.82) is 0 Å². The molecule has 0 atom stereocenters. The van der Waals surface area contributed by atoms with E-state index >= 15 is 0 Å². The number of nitrogens with zero attached hydrogens (tertiary/aromatic N) is 1. The predicted octanol–water partition coefficient (Wildman–Crippen LogP) is 4.48. The Morgan fingerprint density at radius 2 is 1.96 bits per heavy atom. The number of carbonyl (C=O) groups excluding carboxylic acids is 1. The third kappa shape index (κ3) is 2.99. The summed E-state index contributed by atoms with van der Waals surface area (Å²) < 4.78 is 5.12. The molecule has 4 aromatic rings. The molecule has 0 aliphatic heterocycles. The molecular formula is C21H19N3O2. The summed E-state index contributed by atoms with van der Waals surface area (Å²) in [5, 5.41) is 6.26. The molecule has 5 nitrogen and oxygen atoms in total. The Kier molecular flexibility index (Phi) is 4.27. The monoisotopic (exact) mass is 345 g/mol. The second kappa shape index (κ2) is 6.88. The second-order valence-electron chi connectivity index (χ2n) is 6.10. The third-order valence-electron chi connectivity index (χ3n) is 4.25. The number of nitrogens with one attached hydrogen (secondary N) is 2. The zero-order valence-electron chi connectivity index (χ0n) is 14.5. The van der Waals surface area contributed by atoms with Gasteiger partial charge in [-0.1, -0.05) is 31.2 Å². The van der Waals surface area contributed by atoms with E-state index in [1.54, 1.807) is 12.1 Å². The number of furan rings is 1. The molecule has 5 heteroatoms. The highest BCUT2D eigenvalue weighted by Gasteiger charge is 2.08. The number of aromatic nitrogens is 1. The van der Waals surface area contributed by atoms with Crippen LogP contribution in [-0.4, -0.2) is 17.4 Å². The first kappa shape index (κ1) is 16.1. The van der Waals surface area contributed by atoms with Crippen molar-refractivity contribution in [2.24, 2.45) is 4.99 Å². The topological polar surface area (TPSA) is 70.4 Å². The molecule has 0 radical (unpaired) electrons. The maximum atomic E-state index is 12.2. The molecule has 2 heterocycles. The van der Waals surface area contributed by atoms with E-state index in [4.69, 9.17) is 4.42 Å². The minimum absolute atomic E-state index is 0.232. The van der Waals surface area contributed by atoms with E-state index in [-0.39, 0.29) is 5.76 Å². The van der Waals surface area contributed by atoms with Crippen LogP contribution >= 0.6 is 0 Å². The summed E-state index contributed by atoms with van der Waals surface area (Å²) in [6.45, 7) is 3.06. The minimum atomic E-state index is -0.393. The number of amides is 1. The van der Waals surface area contributed by atoms with Gasteiger partial charge >= 0.3 is 5.91 Å². The average molecular weight is 345 g/mol. The molecule has 0 bridgehead atoms. The lowest BCUT2D eigenvalue weighted by Crippen LogP contribution is -2.03. The summed E-state index contributed by atoms with van der Waals surface area (Å²) in [6, 6.07) is 17.2. The Morgan fingerprint density at radius 1 is 1.12 bits per heavy atom. The number of para-hydroxylation sites is 1. The van der Waals surface area contributed by atoms with Gasteiger partial charge in [0.05, 0.1) is 22.8 Å². The zero-order valence-corrected chi connectivity index (χ0v) is 14.5. The highest BCUT2D eigenvalue weighted by atomic mass is 16.3. The molecule has 2 aromatic heterocycles. The molecule has 0 spiro atoms. The smallest absolute Gasteiger partial charge is 0.313 e. The van der Waals surface area contributed by atoms with Crippen LogP contribution < -0.4 is 10.7 Å². The molecule has 1 amide bonds. The molecule has 0 saturated carbocycles. The Hall–Kier alpha value is -3.34. The lowest BCUT2D eigenvalue weighted by Gasteiger charge is -2.05. The fourth-order valence-electron chi connectivity index (χ4n) is 3.04. The van der Waals surface area contributed by atoms with Gasteiger partial charge in [0.1, 0.15) is 0 Å². The molecule has 0 unspecified atom stereocenters. The van der Waals surface area contributed by atoms with Crippen LogP contribution in [0.5, 0.6) is 0 Å². The van der Waals surface area contributed by atoms with Crippen molar-refractivity contribution in [2.75, 3.05) is 11.9 Å². The summed E-state index contributed by atoms with van der Waals surface area (Å²) in [4.78, 5) is 19.8. The van der Waals surface area contributed by atoms with Crippen LogP contribution in [0.1, 0.15) is 23.9 Å². The number of anilines is 1. The Morgan fingerprint density at radius 3 is 2.77 bits per heavy atom. The lowest BCUT2D eigenvalue weighted by molar-refractivity contribution is 0.0972. The van der Waals surface area contributed by atoms with E-state index in [1.807, 2.05) is 30.3 Å². The van der Waals surface area contributed by atoms with Gasteiger partial charge in [0, 0.05) is 22.8 Å². The molecule has 2 aromatic carbocycles. The van der Waals surface area contributed by atoms with Gasteiger partial charge in [0.25, 0.3) is 0 Å². The van der Waals surface area contributed by atoms with Crippen LogP contribution in [0.2, 0.25) is 0 Å². The molecule has 0 saturated heterocycles. The highest BCUT2D eigenvalue weighted by molar-refractivity contribution is 6.10. The summed E-state index contributed by atoms with van der Waals surface area (Å²) in [6.07, 6.45) is 2.53. The van der Waals surface area contributed by atoms with Gasteiger partial charge in [-0.05, 0) is 36.8 Å². The van der Waals surface area contributed by atoms with Gasteiger partial charge in [-0.3, -0.25) is 4.79 Å². The lowest BCUT2D eigenvalue weighted by atomic mass is 10.1. The first-order valence-electron chi connectivity index (χ1n) is 8.67. The van der Waals surface area contributed by atoms with Gasteiger partial charge in [-0.25, -0.2) is 4.99 Å².